The Labute approximate surface area is 99.5 Å². The molecule has 2 rings (SSSR count). The minimum absolute atomic E-state index is 0.0520. The summed E-state index contributed by atoms with van der Waals surface area (Å²) in [6, 6.07) is 4.78. The largest absolute Gasteiger partial charge is 0.508 e. The summed E-state index contributed by atoms with van der Waals surface area (Å²) in [5, 5.41) is 24.8. The molecule has 1 fully saturated rings. The van der Waals surface area contributed by atoms with Gasteiger partial charge in [-0.05, 0) is 12.5 Å². The summed E-state index contributed by atoms with van der Waals surface area (Å²) >= 11 is 0. The van der Waals surface area contributed by atoms with E-state index in [1.807, 2.05) is 0 Å². The molecule has 5 heteroatoms. The van der Waals surface area contributed by atoms with E-state index in [2.05, 4.69) is 10.6 Å². The van der Waals surface area contributed by atoms with Gasteiger partial charge >= 0.3 is 0 Å². The number of phenolic OH excluding ortho intramolecular Hbond substituents is 2. The normalized spacial score (nSPS) is 20.0. The van der Waals surface area contributed by atoms with E-state index in [0.29, 0.717) is 19.5 Å². The van der Waals surface area contributed by atoms with Gasteiger partial charge in [0.05, 0.1) is 0 Å². The summed E-state index contributed by atoms with van der Waals surface area (Å²) in [5.74, 6) is 0.226. The third-order valence-corrected chi connectivity index (χ3v) is 2.92. The first-order chi connectivity index (χ1) is 8.15. The highest BCUT2D eigenvalue weighted by Gasteiger charge is 2.17. The lowest BCUT2D eigenvalue weighted by Gasteiger charge is -2.23. The number of carbonyl (C=O) groups excluding carboxylic acids is 1. The van der Waals surface area contributed by atoms with Gasteiger partial charge in [-0.25, -0.2) is 0 Å². The Morgan fingerprint density at radius 1 is 1.41 bits per heavy atom. The van der Waals surface area contributed by atoms with E-state index in [9.17, 15) is 9.90 Å². The summed E-state index contributed by atoms with van der Waals surface area (Å²) < 4.78 is 0. The Hall–Kier alpha value is -1.75. The number of piperidine rings is 1. The molecule has 1 saturated heterocycles. The van der Waals surface area contributed by atoms with Gasteiger partial charge in [0.25, 0.3) is 0 Å². The van der Waals surface area contributed by atoms with Gasteiger partial charge in [0.1, 0.15) is 11.5 Å². The molecule has 0 spiro atoms. The van der Waals surface area contributed by atoms with Crippen LogP contribution in [0.3, 0.4) is 0 Å². The number of nitrogens with one attached hydrogen (secondary N) is 2. The number of aromatic hydroxyl groups is 2. The molecule has 4 N–H and O–H groups in total. The summed E-state index contributed by atoms with van der Waals surface area (Å²) in [6.45, 7) is 1.14. The summed E-state index contributed by atoms with van der Waals surface area (Å²) in [7, 11) is 0. The molecule has 1 unspecified atom stereocenters. The van der Waals surface area contributed by atoms with Crippen molar-refractivity contribution in [2.75, 3.05) is 6.54 Å². The molecule has 92 valence electrons. The molecular weight excluding hydrogens is 220 g/mol. The van der Waals surface area contributed by atoms with Crippen LogP contribution in [-0.2, 0) is 11.3 Å². The van der Waals surface area contributed by atoms with Crippen LogP contribution >= 0.6 is 0 Å². The molecule has 1 aliphatic heterocycles. The van der Waals surface area contributed by atoms with Crippen LogP contribution in [0.5, 0.6) is 11.5 Å². The van der Waals surface area contributed by atoms with Crippen molar-refractivity contribution in [2.45, 2.75) is 25.4 Å². The number of amides is 1. The second-order valence-corrected chi connectivity index (χ2v) is 4.23. The van der Waals surface area contributed by atoms with Crippen LogP contribution in [0.2, 0.25) is 0 Å². The summed E-state index contributed by atoms with van der Waals surface area (Å²) in [4.78, 5) is 11.0. The Morgan fingerprint density at radius 2 is 2.24 bits per heavy atom. The predicted octanol–water partition coefficient (Wildman–Crippen LogP) is 0.466. The molecule has 0 aliphatic carbocycles. The lowest BCUT2D eigenvalue weighted by atomic mass is 10.1. The molecule has 1 aromatic rings. The van der Waals surface area contributed by atoms with Crippen LogP contribution in [0.25, 0.3) is 0 Å². The zero-order chi connectivity index (χ0) is 12.3. The molecule has 0 saturated carbocycles. The zero-order valence-corrected chi connectivity index (χ0v) is 9.44. The topological polar surface area (TPSA) is 81.6 Å². The van der Waals surface area contributed by atoms with Crippen molar-refractivity contribution in [3.8, 4) is 11.5 Å². The van der Waals surface area contributed by atoms with E-state index in [-0.39, 0.29) is 23.4 Å². The van der Waals surface area contributed by atoms with Crippen LogP contribution in [0.1, 0.15) is 18.4 Å². The maximum Gasteiger partial charge on any atom is 0.220 e. The van der Waals surface area contributed by atoms with Crippen LogP contribution in [0, 0.1) is 0 Å². The number of hydrogen-bond acceptors (Lipinski definition) is 4. The van der Waals surface area contributed by atoms with Crippen molar-refractivity contribution < 1.29 is 15.0 Å². The standard InChI is InChI=1S/C12H16N2O3/c15-10-3-1-8(11(16)5-10)6-13-9-2-4-12(17)14-7-9/h1,3,5,9,13,15-16H,2,4,6-7H2,(H,14,17). The quantitative estimate of drug-likeness (QED) is 0.615. The van der Waals surface area contributed by atoms with Crippen molar-refractivity contribution >= 4 is 5.91 Å². The van der Waals surface area contributed by atoms with E-state index < -0.39 is 0 Å². The Kier molecular flexibility index (Phi) is 3.49. The van der Waals surface area contributed by atoms with Crippen molar-refractivity contribution in [3.05, 3.63) is 23.8 Å². The van der Waals surface area contributed by atoms with Crippen molar-refractivity contribution in [2.24, 2.45) is 0 Å². The molecule has 17 heavy (non-hydrogen) atoms. The van der Waals surface area contributed by atoms with Gasteiger partial charge in [-0.1, -0.05) is 6.07 Å². The third-order valence-electron chi connectivity index (χ3n) is 2.92. The minimum Gasteiger partial charge on any atom is -0.508 e. The maximum atomic E-state index is 11.0. The summed E-state index contributed by atoms with van der Waals surface area (Å²) in [6.07, 6.45) is 1.35. The van der Waals surface area contributed by atoms with Gasteiger partial charge in [-0.15, -0.1) is 0 Å². The lowest BCUT2D eigenvalue weighted by Crippen LogP contribution is -2.45. The molecule has 0 aromatic heterocycles. The lowest BCUT2D eigenvalue weighted by molar-refractivity contribution is -0.122. The van der Waals surface area contributed by atoms with E-state index >= 15 is 0 Å². The van der Waals surface area contributed by atoms with Gasteiger partial charge < -0.3 is 20.8 Å². The fourth-order valence-corrected chi connectivity index (χ4v) is 1.86. The van der Waals surface area contributed by atoms with Gasteiger partial charge in [0, 0.05) is 37.2 Å². The number of phenols is 2. The van der Waals surface area contributed by atoms with E-state index in [4.69, 9.17) is 5.11 Å². The smallest absolute Gasteiger partial charge is 0.220 e. The second kappa shape index (κ2) is 5.05. The first-order valence-corrected chi connectivity index (χ1v) is 5.66. The SMILES string of the molecule is O=C1CCC(NCc2ccc(O)cc2O)CN1. The maximum absolute atomic E-state index is 11.0. The number of carbonyl (C=O) groups is 1. The molecule has 1 amide bonds. The van der Waals surface area contributed by atoms with Crippen molar-refractivity contribution in [1.82, 2.24) is 10.6 Å². The number of rotatable bonds is 3. The van der Waals surface area contributed by atoms with Crippen LogP contribution in [-0.4, -0.2) is 28.7 Å². The molecule has 5 nitrogen and oxygen atoms in total. The fraction of sp³-hybridized carbons (Fsp3) is 0.417. The van der Waals surface area contributed by atoms with E-state index in [1.165, 1.54) is 6.07 Å². The molecule has 1 aromatic carbocycles. The monoisotopic (exact) mass is 236 g/mol. The highest BCUT2D eigenvalue weighted by Crippen LogP contribution is 2.22. The Morgan fingerprint density at radius 3 is 2.88 bits per heavy atom. The molecule has 1 heterocycles. The van der Waals surface area contributed by atoms with Crippen LogP contribution in [0.15, 0.2) is 18.2 Å². The molecule has 0 bridgehead atoms. The minimum atomic E-state index is 0.0520. The van der Waals surface area contributed by atoms with Crippen LogP contribution < -0.4 is 10.6 Å². The molecular formula is C12H16N2O3. The fourth-order valence-electron chi connectivity index (χ4n) is 1.86. The van der Waals surface area contributed by atoms with E-state index in [0.717, 1.165) is 12.0 Å². The van der Waals surface area contributed by atoms with Gasteiger partial charge in [0.15, 0.2) is 0 Å². The number of benzene rings is 1. The molecule has 1 atom stereocenters. The van der Waals surface area contributed by atoms with Crippen LogP contribution in [0.4, 0.5) is 0 Å². The molecule has 1 aliphatic rings. The Balaban J connectivity index is 1.87. The zero-order valence-electron chi connectivity index (χ0n) is 9.44. The highest BCUT2D eigenvalue weighted by molar-refractivity contribution is 5.76. The summed E-state index contributed by atoms with van der Waals surface area (Å²) in [5.41, 5.74) is 0.736. The van der Waals surface area contributed by atoms with E-state index in [1.54, 1.807) is 12.1 Å². The average molecular weight is 236 g/mol. The highest BCUT2D eigenvalue weighted by atomic mass is 16.3. The number of hydrogen-bond donors (Lipinski definition) is 4. The van der Waals surface area contributed by atoms with Crippen molar-refractivity contribution in [1.29, 1.82) is 0 Å². The predicted molar refractivity (Wildman–Crippen MR) is 62.6 cm³/mol. The molecule has 0 radical (unpaired) electrons. The van der Waals surface area contributed by atoms with Gasteiger partial charge in [-0.3, -0.25) is 4.79 Å². The average Bonchev–Trinajstić information content (AvgIpc) is 2.30. The first kappa shape index (κ1) is 11.7. The first-order valence-electron chi connectivity index (χ1n) is 5.66. The Bertz CT molecular complexity index is 410. The van der Waals surface area contributed by atoms with Gasteiger partial charge in [0.2, 0.25) is 5.91 Å². The van der Waals surface area contributed by atoms with Gasteiger partial charge in [-0.2, -0.15) is 0 Å². The second-order valence-electron chi connectivity index (χ2n) is 4.23. The van der Waals surface area contributed by atoms with Crippen molar-refractivity contribution in [3.63, 3.8) is 0 Å². The third kappa shape index (κ3) is 3.10.